The van der Waals surface area contributed by atoms with Crippen LogP contribution in [0.5, 0.6) is 0 Å². The third-order valence-electron chi connectivity index (χ3n) is 6.81. The van der Waals surface area contributed by atoms with E-state index in [9.17, 15) is 9.59 Å². The SMILES string of the molecule is CCC1=CC2N=CC(CN3CCN(c4ccc(NC(=O)OC5CC5)nc4)CC3)CC2NC1=O. The number of hydrogen-bond donors (Lipinski definition) is 2. The number of piperazine rings is 1. The summed E-state index contributed by atoms with van der Waals surface area (Å²) in [5.41, 5.74) is 1.90. The average molecular weight is 453 g/mol. The first kappa shape index (κ1) is 21.9. The van der Waals surface area contributed by atoms with Crippen molar-refractivity contribution in [3.05, 3.63) is 30.0 Å². The number of ether oxygens (including phenoxy) is 1. The van der Waals surface area contributed by atoms with Gasteiger partial charge in [0.2, 0.25) is 5.91 Å². The van der Waals surface area contributed by atoms with Crippen LogP contribution in [0.1, 0.15) is 32.6 Å². The van der Waals surface area contributed by atoms with Crippen molar-refractivity contribution in [3.63, 3.8) is 0 Å². The molecule has 33 heavy (non-hydrogen) atoms. The lowest BCUT2D eigenvalue weighted by atomic mass is 9.88. The fourth-order valence-electron chi connectivity index (χ4n) is 4.74. The molecular formula is C24H32N6O3. The third kappa shape index (κ3) is 5.35. The molecule has 0 spiro atoms. The van der Waals surface area contributed by atoms with E-state index in [4.69, 9.17) is 9.73 Å². The number of fused-ring (bicyclic) bond motifs is 1. The van der Waals surface area contributed by atoms with E-state index in [0.29, 0.717) is 11.7 Å². The summed E-state index contributed by atoms with van der Waals surface area (Å²) >= 11 is 0. The summed E-state index contributed by atoms with van der Waals surface area (Å²) in [6.07, 6.45) is 9.18. The highest BCUT2D eigenvalue weighted by molar-refractivity contribution is 5.95. The van der Waals surface area contributed by atoms with Gasteiger partial charge in [-0.05, 0) is 43.9 Å². The fraction of sp³-hybridized carbons (Fsp3) is 0.583. The van der Waals surface area contributed by atoms with Crippen LogP contribution in [-0.2, 0) is 9.53 Å². The number of carbonyl (C=O) groups excluding carboxylic acids is 2. The Morgan fingerprint density at radius 2 is 2.06 bits per heavy atom. The van der Waals surface area contributed by atoms with E-state index in [1.807, 2.05) is 25.1 Å². The van der Waals surface area contributed by atoms with Crippen molar-refractivity contribution in [2.24, 2.45) is 10.9 Å². The van der Waals surface area contributed by atoms with E-state index < -0.39 is 6.09 Å². The van der Waals surface area contributed by atoms with Gasteiger partial charge < -0.3 is 15.0 Å². The van der Waals surface area contributed by atoms with Crippen molar-refractivity contribution in [3.8, 4) is 0 Å². The van der Waals surface area contributed by atoms with Gasteiger partial charge in [-0.15, -0.1) is 0 Å². The zero-order valence-electron chi connectivity index (χ0n) is 19.1. The lowest BCUT2D eigenvalue weighted by Crippen LogP contribution is -2.52. The molecule has 1 aromatic heterocycles. The predicted octanol–water partition coefficient (Wildman–Crippen LogP) is 2.21. The minimum Gasteiger partial charge on any atom is -0.446 e. The minimum absolute atomic E-state index is 0.0675. The highest BCUT2D eigenvalue weighted by Gasteiger charge is 2.33. The monoisotopic (exact) mass is 452 g/mol. The molecule has 0 bridgehead atoms. The van der Waals surface area contributed by atoms with Crippen LogP contribution in [0.3, 0.4) is 0 Å². The molecule has 176 valence electrons. The van der Waals surface area contributed by atoms with E-state index in [0.717, 1.165) is 69.7 Å². The number of aliphatic imine (C=N–C) groups is 1. The zero-order chi connectivity index (χ0) is 22.8. The highest BCUT2D eigenvalue weighted by atomic mass is 16.6. The molecule has 2 N–H and O–H groups in total. The first-order valence-corrected chi connectivity index (χ1v) is 12.0. The maximum absolute atomic E-state index is 12.2. The van der Waals surface area contributed by atoms with Crippen molar-refractivity contribution >= 4 is 29.7 Å². The van der Waals surface area contributed by atoms with Crippen LogP contribution >= 0.6 is 0 Å². The summed E-state index contributed by atoms with van der Waals surface area (Å²) in [6, 6.07) is 4.02. The standard InChI is InChI=1S/C24H32N6O3/c1-2-17-12-20-21(27-23(17)31)11-16(13-25-20)15-29-7-9-30(10-8-29)18-3-6-22(26-14-18)28-24(32)33-19-4-5-19/h3,6,12-14,16,19-21H,2,4-5,7-11,15H2,1H3,(H,27,31)(H,26,28,32). The predicted molar refractivity (Wildman–Crippen MR) is 127 cm³/mol. The lowest BCUT2D eigenvalue weighted by molar-refractivity contribution is -0.119. The van der Waals surface area contributed by atoms with Crippen LogP contribution in [0.25, 0.3) is 0 Å². The molecule has 3 atom stereocenters. The van der Waals surface area contributed by atoms with Crippen LogP contribution in [0, 0.1) is 5.92 Å². The van der Waals surface area contributed by atoms with Crippen LogP contribution < -0.4 is 15.5 Å². The van der Waals surface area contributed by atoms with Crippen molar-refractivity contribution < 1.29 is 14.3 Å². The molecule has 3 unspecified atom stereocenters. The van der Waals surface area contributed by atoms with E-state index >= 15 is 0 Å². The van der Waals surface area contributed by atoms with Crippen molar-refractivity contribution in [2.75, 3.05) is 42.9 Å². The molecular weight excluding hydrogens is 420 g/mol. The molecule has 1 aliphatic carbocycles. The van der Waals surface area contributed by atoms with Gasteiger partial charge >= 0.3 is 6.09 Å². The fourth-order valence-corrected chi connectivity index (χ4v) is 4.74. The van der Waals surface area contributed by atoms with Gasteiger partial charge in [0.05, 0.1) is 24.0 Å². The second-order valence-electron chi connectivity index (χ2n) is 9.33. The molecule has 0 aromatic carbocycles. The summed E-state index contributed by atoms with van der Waals surface area (Å²) in [6.45, 7) is 6.76. The number of pyridine rings is 1. The van der Waals surface area contributed by atoms with Gasteiger partial charge in [-0.3, -0.25) is 20.0 Å². The first-order chi connectivity index (χ1) is 16.1. The van der Waals surface area contributed by atoms with Crippen LogP contribution in [0.4, 0.5) is 16.3 Å². The van der Waals surface area contributed by atoms with Gasteiger partial charge in [0, 0.05) is 50.4 Å². The molecule has 2 amide bonds. The first-order valence-electron chi connectivity index (χ1n) is 12.0. The Labute approximate surface area is 194 Å². The Bertz CT molecular complexity index is 934. The maximum Gasteiger partial charge on any atom is 0.413 e. The smallest absolute Gasteiger partial charge is 0.413 e. The Morgan fingerprint density at radius 3 is 2.76 bits per heavy atom. The number of hydrogen-bond acceptors (Lipinski definition) is 7. The molecule has 3 aliphatic heterocycles. The minimum atomic E-state index is -0.432. The van der Waals surface area contributed by atoms with Gasteiger partial charge in [-0.25, -0.2) is 9.78 Å². The van der Waals surface area contributed by atoms with Crippen molar-refractivity contribution in [1.82, 2.24) is 15.2 Å². The van der Waals surface area contributed by atoms with Crippen LogP contribution in [-0.4, -0.2) is 79.0 Å². The molecule has 2 fully saturated rings. The van der Waals surface area contributed by atoms with Crippen LogP contribution in [0.2, 0.25) is 0 Å². The summed E-state index contributed by atoms with van der Waals surface area (Å²) in [5.74, 6) is 0.934. The zero-order valence-corrected chi connectivity index (χ0v) is 19.1. The maximum atomic E-state index is 12.2. The quantitative estimate of drug-likeness (QED) is 0.687. The van der Waals surface area contributed by atoms with Crippen molar-refractivity contribution in [1.29, 1.82) is 0 Å². The molecule has 1 aromatic rings. The number of nitrogens with zero attached hydrogens (tertiary/aromatic N) is 4. The van der Waals surface area contributed by atoms with Gasteiger partial charge in [0.1, 0.15) is 11.9 Å². The number of rotatable bonds is 6. The second-order valence-corrected chi connectivity index (χ2v) is 9.33. The van der Waals surface area contributed by atoms with Gasteiger partial charge in [0.25, 0.3) is 0 Å². The normalized spacial score (nSPS) is 27.4. The molecule has 5 rings (SSSR count). The largest absolute Gasteiger partial charge is 0.446 e. The van der Waals surface area contributed by atoms with E-state index in [-0.39, 0.29) is 24.1 Å². The lowest BCUT2D eigenvalue weighted by Gasteiger charge is -2.39. The summed E-state index contributed by atoms with van der Waals surface area (Å²) in [4.78, 5) is 37.8. The molecule has 1 saturated heterocycles. The highest BCUT2D eigenvalue weighted by Crippen LogP contribution is 2.26. The Morgan fingerprint density at radius 1 is 1.24 bits per heavy atom. The van der Waals surface area contributed by atoms with Gasteiger partial charge in [-0.1, -0.05) is 6.92 Å². The topological polar surface area (TPSA) is 99.2 Å². The van der Waals surface area contributed by atoms with Crippen molar-refractivity contribution in [2.45, 2.75) is 50.8 Å². The second kappa shape index (κ2) is 9.51. The molecule has 9 nitrogen and oxygen atoms in total. The van der Waals surface area contributed by atoms with E-state index in [1.54, 1.807) is 6.20 Å². The summed E-state index contributed by atoms with van der Waals surface area (Å²) in [5, 5.41) is 5.84. The number of aromatic nitrogens is 1. The molecule has 9 heteroatoms. The third-order valence-corrected chi connectivity index (χ3v) is 6.81. The number of carbonyl (C=O) groups is 2. The van der Waals surface area contributed by atoms with Gasteiger partial charge in [-0.2, -0.15) is 0 Å². The van der Waals surface area contributed by atoms with Crippen LogP contribution in [0.15, 0.2) is 35.0 Å². The molecule has 0 radical (unpaired) electrons. The van der Waals surface area contributed by atoms with E-state index in [2.05, 4.69) is 31.6 Å². The Balaban J connectivity index is 1.09. The number of nitrogens with one attached hydrogen (secondary N) is 2. The number of amides is 2. The Hall–Kier alpha value is -2.94. The molecule has 4 aliphatic rings. The molecule has 4 heterocycles. The summed E-state index contributed by atoms with van der Waals surface area (Å²) < 4.78 is 5.19. The molecule has 1 saturated carbocycles. The van der Waals surface area contributed by atoms with E-state index in [1.165, 1.54) is 0 Å². The Kier molecular flexibility index (Phi) is 6.30. The van der Waals surface area contributed by atoms with Gasteiger partial charge in [0.15, 0.2) is 0 Å². The summed E-state index contributed by atoms with van der Waals surface area (Å²) in [7, 11) is 0. The average Bonchev–Trinajstić information content (AvgIpc) is 3.63. The number of anilines is 2.